The second-order valence-corrected chi connectivity index (χ2v) is 7.64. The molecule has 0 spiro atoms. The van der Waals surface area contributed by atoms with Crippen molar-refractivity contribution < 1.29 is 14.3 Å². The fourth-order valence-corrected chi connectivity index (χ4v) is 2.77. The van der Waals surface area contributed by atoms with E-state index in [1.807, 2.05) is 19.1 Å². The first kappa shape index (κ1) is 16.6. The van der Waals surface area contributed by atoms with E-state index >= 15 is 0 Å². The average molecular weight is 395 g/mol. The van der Waals surface area contributed by atoms with Crippen molar-refractivity contribution in [2.45, 2.75) is 24.6 Å². The van der Waals surface area contributed by atoms with Crippen molar-refractivity contribution in [1.82, 2.24) is 0 Å². The van der Waals surface area contributed by atoms with Gasteiger partial charge in [-0.25, -0.2) is 0 Å². The Balaban J connectivity index is 1.85. The lowest BCUT2D eigenvalue weighted by atomic mass is 10.1. The van der Waals surface area contributed by atoms with Crippen molar-refractivity contribution in [3.63, 3.8) is 0 Å². The molecule has 1 atom stereocenters. The van der Waals surface area contributed by atoms with Crippen LogP contribution in [-0.2, 0) is 14.3 Å². The molecule has 1 aromatic carbocycles. The Kier molecular flexibility index (Phi) is 4.57. The van der Waals surface area contributed by atoms with Gasteiger partial charge >= 0.3 is 5.97 Å². The van der Waals surface area contributed by atoms with Gasteiger partial charge in [-0.2, -0.15) is 0 Å². The van der Waals surface area contributed by atoms with Gasteiger partial charge in [0.05, 0.1) is 0 Å². The molecule has 2 rings (SSSR count). The van der Waals surface area contributed by atoms with E-state index in [0.29, 0.717) is 12.1 Å². The van der Waals surface area contributed by atoms with Crippen molar-refractivity contribution in [3.05, 3.63) is 28.2 Å². The summed E-state index contributed by atoms with van der Waals surface area (Å²) in [5.74, 6) is -0.973. The number of hydrogen-bond donors (Lipinski definition) is 1. The van der Waals surface area contributed by atoms with Crippen molar-refractivity contribution >= 4 is 56.7 Å². The highest BCUT2D eigenvalue weighted by atomic mass is 79.9. The summed E-state index contributed by atoms with van der Waals surface area (Å²) in [5.41, 5.74) is 0.702. The molecule has 1 N–H and O–H groups in total. The molecule has 21 heavy (non-hydrogen) atoms. The topological polar surface area (TPSA) is 55.4 Å². The molecular weight excluding hydrogens is 381 g/mol. The van der Waals surface area contributed by atoms with Gasteiger partial charge in [0, 0.05) is 16.6 Å². The maximum atomic E-state index is 11.8. The van der Waals surface area contributed by atoms with Crippen LogP contribution < -0.4 is 5.32 Å². The first-order valence-electron chi connectivity index (χ1n) is 6.27. The van der Waals surface area contributed by atoms with Crippen molar-refractivity contribution in [2.24, 2.45) is 5.41 Å². The van der Waals surface area contributed by atoms with Gasteiger partial charge in [0.15, 0.2) is 6.61 Å². The number of benzene rings is 1. The number of nitrogens with one attached hydrogen (secondary N) is 1. The molecule has 7 heteroatoms. The Labute approximate surface area is 141 Å². The van der Waals surface area contributed by atoms with E-state index < -0.39 is 21.6 Å². The molecule has 0 aliphatic heterocycles. The van der Waals surface area contributed by atoms with E-state index in [-0.39, 0.29) is 6.61 Å². The van der Waals surface area contributed by atoms with Crippen LogP contribution in [0, 0.1) is 12.3 Å². The Bertz CT molecular complexity index is 606. The summed E-state index contributed by atoms with van der Waals surface area (Å²) in [6.45, 7) is 3.16. The van der Waals surface area contributed by atoms with Gasteiger partial charge < -0.3 is 10.1 Å². The van der Waals surface area contributed by atoms with Gasteiger partial charge in [-0.3, -0.25) is 9.59 Å². The number of carbonyl (C=O) groups excluding carboxylic acids is 2. The van der Waals surface area contributed by atoms with Crippen LogP contribution in [-0.4, -0.2) is 22.8 Å². The van der Waals surface area contributed by atoms with Crippen LogP contribution in [0.1, 0.15) is 18.9 Å². The fraction of sp³-hybridized carbons (Fsp3) is 0.429. The minimum Gasteiger partial charge on any atom is -0.455 e. The highest BCUT2D eigenvalue weighted by Crippen LogP contribution is 2.64. The fourth-order valence-electron chi connectivity index (χ4n) is 1.83. The molecular formula is C14H14BrCl2NO3. The summed E-state index contributed by atoms with van der Waals surface area (Å²) in [4.78, 5) is 23.6. The maximum Gasteiger partial charge on any atom is 0.315 e. The van der Waals surface area contributed by atoms with E-state index in [4.69, 9.17) is 27.9 Å². The van der Waals surface area contributed by atoms with Gasteiger partial charge in [0.25, 0.3) is 5.91 Å². The lowest BCUT2D eigenvalue weighted by Crippen LogP contribution is -2.26. The average Bonchev–Trinajstić information content (AvgIpc) is 2.91. The lowest BCUT2D eigenvalue weighted by Gasteiger charge is -2.12. The summed E-state index contributed by atoms with van der Waals surface area (Å²) in [6.07, 6.45) is 0.329. The normalized spacial score (nSPS) is 22.5. The molecule has 1 aliphatic rings. The van der Waals surface area contributed by atoms with Crippen LogP contribution in [0.25, 0.3) is 0 Å². The van der Waals surface area contributed by atoms with E-state index in [1.54, 1.807) is 13.0 Å². The second-order valence-electron chi connectivity index (χ2n) is 5.30. The SMILES string of the molecule is Cc1cc(NC(=O)COC(=O)[C@]2(C)CC2(Cl)Cl)ccc1Br. The standard InChI is InChI=1S/C14H14BrCl2NO3/c1-8-5-9(3-4-10(8)15)18-11(19)6-21-12(20)13(2)7-14(13,16)17/h3-5H,6-7H2,1-2H3,(H,18,19)/t13-/m0/s1. The number of aryl methyl sites for hydroxylation is 1. The molecule has 1 aromatic rings. The Morgan fingerprint density at radius 2 is 2.05 bits per heavy atom. The van der Waals surface area contributed by atoms with Gasteiger partial charge in [-0.1, -0.05) is 15.9 Å². The molecule has 1 amide bonds. The third-order valence-electron chi connectivity index (χ3n) is 3.48. The van der Waals surface area contributed by atoms with E-state index in [2.05, 4.69) is 21.2 Å². The third kappa shape index (κ3) is 3.52. The molecule has 0 aromatic heterocycles. The largest absolute Gasteiger partial charge is 0.455 e. The zero-order valence-corrected chi connectivity index (χ0v) is 14.6. The molecule has 0 bridgehead atoms. The van der Waals surface area contributed by atoms with Gasteiger partial charge in [0.1, 0.15) is 9.75 Å². The lowest BCUT2D eigenvalue weighted by molar-refractivity contribution is -0.152. The zero-order chi connectivity index (χ0) is 15.8. The third-order valence-corrected chi connectivity index (χ3v) is 5.48. The minimum atomic E-state index is -1.09. The summed E-state index contributed by atoms with van der Waals surface area (Å²) >= 11 is 15.1. The van der Waals surface area contributed by atoms with Crippen molar-refractivity contribution in [3.8, 4) is 0 Å². The van der Waals surface area contributed by atoms with Crippen LogP contribution in [0.2, 0.25) is 0 Å². The first-order valence-corrected chi connectivity index (χ1v) is 7.82. The number of rotatable bonds is 4. The number of carbonyl (C=O) groups is 2. The van der Waals surface area contributed by atoms with E-state index in [9.17, 15) is 9.59 Å². The van der Waals surface area contributed by atoms with E-state index in [1.165, 1.54) is 0 Å². The van der Waals surface area contributed by atoms with Gasteiger partial charge in [0.2, 0.25) is 0 Å². The predicted molar refractivity (Wildman–Crippen MR) is 85.6 cm³/mol. The molecule has 1 saturated carbocycles. The molecule has 0 saturated heterocycles. The number of amides is 1. The summed E-state index contributed by atoms with van der Waals surface area (Å²) < 4.78 is 4.82. The molecule has 0 radical (unpaired) electrons. The smallest absolute Gasteiger partial charge is 0.315 e. The second kappa shape index (κ2) is 5.78. The Morgan fingerprint density at radius 3 is 2.57 bits per heavy atom. The predicted octanol–water partition coefficient (Wildman–Crippen LogP) is 3.82. The zero-order valence-electron chi connectivity index (χ0n) is 11.5. The molecule has 1 aliphatic carbocycles. The number of hydrogen-bond acceptors (Lipinski definition) is 3. The Morgan fingerprint density at radius 1 is 1.43 bits per heavy atom. The number of anilines is 1. The molecule has 1 fully saturated rings. The highest BCUT2D eigenvalue weighted by Gasteiger charge is 2.69. The number of halogens is 3. The monoisotopic (exact) mass is 393 g/mol. The first-order chi connectivity index (χ1) is 9.65. The van der Waals surface area contributed by atoms with Crippen LogP contribution in [0.3, 0.4) is 0 Å². The van der Waals surface area contributed by atoms with Crippen molar-refractivity contribution in [2.75, 3.05) is 11.9 Å². The molecule has 0 unspecified atom stereocenters. The minimum absolute atomic E-state index is 0.329. The van der Waals surface area contributed by atoms with Crippen molar-refractivity contribution in [1.29, 1.82) is 0 Å². The summed E-state index contributed by atoms with van der Waals surface area (Å²) in [6, 6.07) is 5.40. The van der Waals surface area contributed by atoms with Gasteiger partial charge in [-0.15, -0.1) is 23.2 Å². The van der Waals surface area contributed by atoms with Crippen LogP contribution in [0.4, 0.5) is 5.69 Å². The molecule has 0 heterocycles. The van der Waals surface area contributed by atoms with Gasteiger partial charge in [-0.05, 0) is 37.6 Å². The van der Waals surface area contributed by atoms with E-state index in [0.717, 1.165) is 10.0 Å². The number of esters is 1. The number of alkyl halides is 2. The molecule has 4 nitrogen and oxygen atoms in total. The Hall–Kier alpha value is -0.780. The summed E-state index contributed by atoms with van der Waals surface area (Å²) in [5, 5.41) is 2.65. The molecule has 114 valence electrons. The maximum absolute atomic E-state index is 11.8. The highest BCUT2D eigenvalue weighted by molar-refractivity contribution is 9.10. The summed E-state index contributed by atoms with van der Waals surface area (Å²) in [7, 11) is 0. The quantitative estimate of drug-likeness (QED) is 0.623. The van der Waals surface area contributed by atoms with Crippen LogP contribution in [0.5, 0.6) is 0 Å². The number of ether oxygens (including phenoxy) is 1. The van der Waals surface area contributed by atoms with Crippen LogP contribution >= 0.6 is 39.1 Å². The van der Waals surface area contributed by atoms with Crippen LogP contribution in [0.15, 0.2) is 22.7 Å².